The van der Waals surface area contributed by atoms with Gasteiger partial charge in [0.25, 0.3) is 10.2 Å². The van der Waals surface area contributed by atoms with E-state index in [0.29, 0.717) is 10.2 Å². The average Bonchev–Trinajstić information content (AvgIpc) is 3.53. The van der Waals surface area contributed by atoms with Crippen LogP contribution in [0, 0.1) is 0 Å². The Labute approximate surface area is 236 Å². The molecule has 2 aromatic heterocycles. The molecular weight excluding hydrogens is 604 g/mol. The zero-order valence-electron chi connectivity index (χ0n) is 20.7. The lowest BCUT2D eigenvalue weighted by atomic mass is 10.1. The maximum absolute atomic E-state index is 13.8. The zero-order chi connectivity index (χ0) is 29.4. The van der Waals surface area contributed by atoms with E-state index >= 15 is 0 Å². The Morgan fingerprint density at radius 3 is 2.29 bits per heavy atom. The van der Waals surface area contributed by atoms with E-state index in [1.165, 1.54) is 0 Å². The van der Waals surface area contributed by atoms with E-state index in [1.54, 1.807) is 6.07 Å². The van der Waals surface area contributed by atoms with Crippen LogP contribution in [0.1, 0.15) is 33.2 Å². The number of thiazole rings is 1. The van der Waals surface area contributed by atoms with E-state index in [1.807, 2.05) is 47.2 Å². The van der Waals surface area contributed by atoms with Crippen molar-refractivity contribution in [3.63, 3.8) is 0 Å². The molecule has 214 valence electrons. The number of hydrogen-bond donors (Lipinski definition) is 2. The summed E-state index contributed by atoms with van der Waals surface area (Å²) in [6.45, 7) is -0.488. The first kappa shape index (κ1) is 28.8. The van der Waals surface area contributed by atoms with Crippen LogP contribution < -0.4 is 9.86 Å². The molecule has 0 bridgehead atoms. The molecule has 16 heteroatoms. The van der Waals surface area contributed by atoms with E-state index in [-0.39, 0.29) is 22.4 Å². The van der Waals surface area contributed by atoms with Crippen LogP contribution in [0.5, 0.6) is 0 Å². The Kier molecular flexibility index (Phi) is 7.69. The molecule has 1 unspecified atom stereocenters. The topological polar surface area (TPSA) is 158 Å². The largest absolute Gasteiger partial charge is 0.422 e. The van der Waals surface area contributed by atoms with Crippen molar-refractivity contribution in [2.45, 2.75) is 23.7 Å². The first-order chi connectivity index (χ1) is 19.3. The van der Waals surface area contributed by atoms with Crippen molar-refractivity contribution in [3.05, 3.63) is 101 Å². The maximum Gasteiger partial charge on any atom is 0.416 e. The molecule has 5 rings (SSSR count). The molecule has 0 spiro atoms. The highest BCUT2D eigenvalue weighted by Crippen LogP contribution is 2.38. The van der Waals surface area contributed by atoms with Crippen molar-refractivity contribution in [2.24, 2.45) is 5.14 Å². The number of rotatable bonds is 9. The zero-order valence-corrected chi connectivity index (χ0v) is 23.2. The van der Waals surface area contributed by atoms with Crippen LogP contribution in [0.2, 0.25) is 0 Å². The van der Waals surface area contributed by atoms with Gasteiger partial charge in [0.2, 0.25) is 11.8 Å². The molecule has 0 aliphatic rings. The average molecular weight is 624 g/mol. The Morgan fingerprint density at radius 1 is 0.927 bits per heavy atom. The van der Waals surface area contributed by atoms with Crippen molar-refractivity contribution >= 4 is 41.6 Å². The second kappa shape index (κ2) is 10.9. The lowest BCUT2D eigenvalue weighted by Crippen LogP contribution is -2.30. The molecule has 0 fully saturated rings. The Balaban J connectivity index is 1.54. The predicted octanol–water partition coefficient (Wildman–Crippen LogP) is 4.36. The third-order valence-electron chi connectivity index (χ3n) is 5.88. The van der Waals surface area contributed by atoms with Crippen molar-refractivity contribution in [1.29, 1.82) is 0 Å². The van der Waals surface area contributed by atoms with Crippen LogP contribution in [-0.4, -0.2) is 32.0 Å². The number of aromatic nitrogens is 3. The number of halogens is 3. The fourth-order valence-corrected chi connectivity index (χ4v) is 7.47. The van der Waals surface area contributed by atoms with Gasteiger partial charge in [-0.05, 0) is 41.0 Å². The molecule has 0 amide bonds. The molecule has 0 aliphatic heterocycles. The predicted molar refractivity (Wildman–Crippen MR) is 145 cm³/mol. The molecule has 0 saturated carbocycles. The van der Waals surface area contributed by atoms with Gasteiger partial charge in [0.15, 0.2) is 15.1 Å². The summed E-state index contributed by atoms with van der Waals surface area (Å²) in [5.74, 6) is -1.30. The summed E-state index contributed by atoms with van der Waals surface area (Å²) in [6, 6.07) is 18.7. The second-order valence-corrected chi connectivity index (χ2v) is 13.4. The van der Waals surface area contributed by atoms with Crippen LogP contribution >= 0.6 is 11.3 Å². The summed E-state index contributed by atoms with van der Waals surface area (Å²) in [6.07, 6.45) is -4.58. The number of nitrogens with one attached hydrogen (secondary N) is 1. The fraction of sp³-hybridized carbons (Fsp3) is 0.160. The van der Waals surface area contributed by atoms with Crippen molar-refractivity contribution in [2.75, 3.05) is 0 Å². The fourth-order valence-electron chi connectivity index (χ4n) is 3.99. The van der Waals surface area contributed by atoms with Gasteiger partial charge in [-0.15, -0.1) is 21.5 Å². The molecule has 3 N–H and O–H groups in total. The molecule has 1 atom stereocenters. The van der Waals surface area contributed by atoms with Crippen LogP contribution in [-0.2, 0) is 38.5 Å². The van der Waals surface area contributed by atoms with Crippen molar-refractivity contribution in [1.82, 2.24) is 19.9 Å². The molecule has 0 aliphatic carbocycles. The number of benzene rings is 3. The van der Waals surface area contributed by atoms with Gasteiger partial charge >= 0.3 is 6.18 Å². The van der Waals surface area contributed by atoms with Gasteiger partial charge in [0, 0.05) is 0 Å². The number of nitrogens with zero attached hydrogens (tertiary/aromatic N) is 3. The molecule has 41 heavy (non-hydrogen) atoms. The highest BCUT2D eigenvalue weighted by Gasteiger charge is 2.37. The first-order valence-electron chi connectivity index (χ1n) is 11.7. The maximum atomic E-state index is 13.8. The summed E-state index contributed by atoms with van der Waals surface area (Å²) >= 11 is 1.08. The van der Waals surface area contributed by atoms with Crippen molar-refractivity contribution in [3.8, 4) is 11.1 Å². The van der Waals surface area contributed by atoms with E-state index < -0.39 is 49.3 Å². The van der Waals surface area contributed by atoms with Gasteiger partial charge in [0.05, 0.1) is 28.1 Å². The van der Waals surface area contributed by atoms with Gasteiger partial charge in [-0.25, -0.2) is 18.5 Å². The normalized spacial score (nSPS) is 13.5. The molecular formula is C25H20F3N5O5S3. The van der Waals surface area contributed by atoms with Gasteiger partial charge in [0.1, 0.15) is 5.01 Å². The minimum Gasteiger partial charge on any atom is -0.422 e. The van der Waals surface area contributed by atoms with E-state index in [2.05, 4.69) is 15.2 Å². The summed E-state index contributed by atoms with van der Waals surface area (Å²) < 4.78 is 97.2. The highest BCUT2D eigenvalue weighted by molar-refractivity contribution is 7.91. The van der Waals surface area contributed by atoms with E-state index in [9.17, 15) is 30.0 Å². The monoisotopic (exact) mass is 623 g/mol. The summed E-state index contributed by atoms with van der Waals surface area (Å²) in [4.78, 5) is 4.50. The van der Waals surface area contributed by atoms with Gasteiger partial charge in [-0.2, -0.15) is 26.3 Å². The number of hydrogen-bond acceptors (Lipinski definition) is 9. The Bertz CT molecular complexity index is 1910. The van der Waals surface area contributed by atoms with E-state index in [4.69, 9.17) is 9.56 Å². The lowest BCUT2D eigenvalue weighted by molar-refractivity contribution is -0.137. The standard InChI is InChI=1S/C25H20F3N5O5S3/c26-25(27,28)18-9-6-15(7-10-18)14-40(34,35)22(23-33-32-21(38-23)13-30-41(29,36)37)24-31-19-11-8-17(12-20(19)39-24)16-4-2-1-3-5-16/h1-12,22,30H,13-14H2,(H2,29,36,37). The first-order valence-corrected chi connectivity index (χ1v) is 15.8. The third kappa shape index (κ3) is 6.79. The SMILES string of the molecule is NS(=O)(=O)NCc1nnc(C(c2nc3ccc(-c4ccccc4)cc3s2)S(=O)(=O)Cc2ccc(C(F)(F)F)cc2)o1. The minimum atomic E-state index is -4.58. The minimum absolute atomic E-state index is 0.0896. The van der Waals surface area contributed by atoms with Gasteiger partial charge < -0.3 is 4.42 Å². The second-order valence-electron chi connectivity index (χ2n) is 8.88. The lowest BCUT2D eigenvalue weighted by Gasteiger charge is -2.13. The van der Waals surface area contributed by atoms with Crippen LogP contribution in [0.25, 0.3) is 21.3 Å². The molecule has 10 nitrogen and oxygen atoms in total. The van der Waals surface area contributed by atoms with Crippen molar-refractivity contribution < 1.29 is 34.4 Å². The molecule has 2 heterocycles. The number of fused-ring (bicyclic) bond motifs is 1. The highest BCUT2D eigenvalue weighted by atomic mass is 32.2. The molecule has 3 aromatic carbocycles. The molecule has 5 aromatic rings. The molecule has 0 saturated heterocycles. The summed E-state index contributed by atoms with van der Waals surface area (Å²) in [5.41, 5.74) is 1.52. The third-order valence-corrected chi connectivity index (χ3v) is 9.53. The van der Waals surface area contributed by atoms with E-state index in [0.717, 1.165) is 46.7 Å². The van der Waals surface area contributed by atoms with Crippen LogP contribution in [0.15, 0.2) is 77.2 Å². The van der Waals surface area contributed by atoms with Crippen LogP contribution in [0.3, 0.4) is 0 Å². The summed E-state index contributed by atoms with van der Waals surface area (Å²) in [7, 11) is -8.36. The van der Waals surface area contributed by atoms with Gasteiger partial charge in [-0.3, -0.25) is 0 Å². The quantitative estimate of drug-likeness (QED) is 0.245. The number of nitrogens with two attached hydrogens (primary N) is 1. The van der Waals surface area contributed by atoms with Crippen LogP contribution in [0.4, 0.5) is 13.2 Å². The smallest absolute Gasteiger partial charge is 0.416 e. The molecule has 0 radical (unpaired) electrons. The summed E-state index contributed by atoms with van der Waals surface area (Å²) in [5, 5.41) is 11.0. The Hall–Kier alpha value is -3.70. The van der Waals surface area contributed by atoms with Gasteiger partial charge in [-0.1, -0.05) is 48.5 Å². The Morgan fingerprint density at radius 2 is 1.63 bits per heavy atom. The number of sulfone groups is 1. The number of alkyl halides is 3.